The summed E-state index contributed by atoms with van der Waals surface area (Å²) in [6.07, 6.45) is 12.3. The van der Waals surface area contributed by atoms with Crippen molar-refractivity contribution in [2.75, 3.05) is 0 Å². The molecule has 5 nitrogen and oxygen atoms in total. The van der Waals surface area contributed by atoms with Crippen LogP contribution in [-0.2, 0) is 24.8 Å². The van der Waals surface area contributed by atoms with Gasteiger partial charge in [0.1, 0.15) is 0 Å². The minimum atomic E-state index is -1.82. The van der Waals surface area contributed by atoms with Gasteiger partial charge in [-0.05, 0) is 119 Å². The third kappa shape index (κ3) is 13.0. The van der Waals surface area contributed by atoms with Crippen LogP contribution < -0.4 is 0 Å². The molecule has 0 amide bonds. The van der Waals surface area contributed by atoms with Gasteiger partial charge in [-0.1, -0.05) is 84.0 Å². The molecular weight excluding hydrogens is 593 g/mol. The fourth-order valence-electron chi connectivity index (χ4n) is 7.36. The molecule has 1 aromatic carbocycles. The van der Waals surface area contributed by atoms with Crippen LogP contribution in [0, 0.1) is 11.8 Å². The molecule has 0 saturated heterocycles. The van der Waals surface area contributed by atoms with Crippen molar-refractivity contribution in [1.82, 2.24) is 0 Å². The molecule has 258 valence electrons. The Morgan fingerprint density at radius 2 is 1.51 bits per heavy atom. The number of rotatable bonds is 23. The predicted molar refractivity (Wildman–Crippen MR) is 195 cm³/mol. The summed E-state index contributed by atoms with van der Waals surface area (Å²) in [7, 11) is -3.58. The molecule has 0 unspecified atom stereocenters. The van der Waals surface area contributed by atoms with E-state index in [0.717, 1.165) is 87.6 Å². The molecule has 1 N–H and O–H groups in total. The van der Waals surface area contributed by atoms with E-state index in [1.54, 1.807) is 0 Å². The Kier molecular flexibility index (Phi) is 18.5. The lowest BCUT2D eigenvalue weighted by Gasteiger charge is -2.36. The zero-order valence-corrected chi connectivity index (χ0v) is 32.2. The first-order valence-corrected chi connectivity index (χ1v) is 23.6. The Balaban J connectivity index is 2.19. The van der Waals surface area contributed by atoms with Crippen molar-refractivity contribution in [3.63, 3.8) is 0 Å². The van der Waals surface area contributed by atoms with Crippen molar-refractivity contribution in [2.24, 2.45) is 11.8 Å². The van der Waals surface area contributed by atoms with Gasteiger partial charge in [0.05, 0.1) is 18.3 Å². The molecule has 0 aromatic heterocycles. The highest BCUT2D eigenvalue weighted by Crippen LogP contribution is 2.43. The normalized spacial score (nSPS) is 21.6. The van der Waals surface area contributed by atoms with Crippen LogP contribution in [0.3, 0.4) is 0 Å². The summed E-state index contributed by atoms with van der Waals surface area (Å²) in [6, 6.07) is 17.6. The molecule has 0 bridgehead atoms. The van der Waals surface area contributed by atoms with Crippen LogP contribution in [0.25, 0.3) is 0 Å². The molecule has 5 atom stereocenters. The number of esters is 1. The average molecular weight is 661 g/mol. The SMILES string of the molecule is CC[Si](CC)(CC)O[C@@H](CCc1ccccc1)CC[C@@H]1[C@@H](CC=CCCCC(=O)OC(C)C)[C@@H](O[Si](CC)(CC)CC)C[C@H]1O. The quantitative estimate of drug-likeness (QED) is 0.0548. The number of unbranched alkanes of at least 4 members (excludes halogenated alkanes) is 1. The first-order valence-electron chi connectivity index (χ1n) is 18.5. The van der Waals surface area contributed by atoms with Crippen LogP contribution in [0.15, 0.2) is 42.5 Å². The summed E-state index contributed by atoms with van der Waals surface area (Å²) < 4.78 is 19.5. The summed E-state index contributed by atoms with van der Waals surface area (Å²) >= 11 is 0. The number of carbonyl (C=O) groups excluding carboxylic acids is 1. The van der Waals surface area contributed by atoms with Gasteiger partial charge < -0.3 is 18.7 Å². The second kappa shape index (κ2) is 20.9. The van der Waals surface area contributed by atoms with Crippen LogP contribution >= 0.6 is 0 Å². The van der Waals surface area contributed by atoms with E-state index in [1.165, 1.54) is 5.56 Å². The minimum Gasteiger partial charge on any atom is -0.463 e. The second-order valence-corrected chi connectivity index (χ2v) is 23.2. The number of aryl methyl sites for hydroxylation is 1. The summed E-state index contributed by atoms with van der Waals surface area (Å²) in [5.41, 5.74) is 1.37. The number of hydrogen-bond acceptors (Lipinski definition) is 5. The highest BCUT2D eigenvalue weighted by Gasteiger charge is 2.45. The first kappa shape index (κ1) is 39.9. The average Bonchev–Trinajstić information content (AvgIpc) is 3.34. The molecule has 0 aliphatic heterocycles. The highest BCUT2D eigenvalue weighted by molar-refractivity contribution is 6.74. The van der Waals surface area contributed by atoms with Crippen molar-refractivity contribution < 1.29 is 23.5 Å². The number of hydrogen-bond donors (Lipinski definition) is 1. The molecule has 1 aromatic rings. The van der Waals surface area contributed by atoms with Gasteiger partial charge in [-0.15, -0.1) is 0 Å². The largest absolute Gasteiger partial charge is 0.463 e. The number of aliphatic hydroxyl groups is 1. The van der Waals surface area contributed by atoms with E-state index in [9.17, 15) is 9.90 Å². The zero-order valence-electron chi connectivity index (χ0n) is 30.2. The molecule has 1 saturated carbocycles. The molecule has 2 rings (SSSR count). The number of benzene rings is 1. The van der Waals surface area contributed by atoms with Gasteiger partial charge in [0.2, 0.25) is 0 Å². The molecule has 0 spiro atoms. The number of allylic oxidation sites excluding steroid dienone is 2. The van der Waals surface area contributed by atoms with Crippen LogP contribution in [-0.4, -0.2) is 52.1 Å². The Morgan fingerprint density at radius 1 is 0.889 bits per heavy atom. The highest BCUT2D eigenvalue weighted by atomic mass is 28.4. The molecule has 1 aliphatic rings. The molecule has 1 aliphatic carbocycles. The fraction of sp³-hybridized carbons (Fsp3) is 0.763. The summed E-state index contributed by atoms with van der Waals surface area (Å²) in [5.74, 6) is 0.400. The second-order valence-electron chi connectivity index (χ2n) is 13.8. The Labute approximate surface area is 279 Å². The standard InChI is InChI=1S/C38H68O5Si2/c1-9-44(10-2,11-3)42-33(27-26-32-22-18-17-19-23-32)28-29-34-35(24-20-15-16-21-25-38(40)41-31(7)8)37(30-36(34)39)43-45(12-4,13-5)14-6/h15,17-20,22-23,31,33-37,39H,9-14,16,21,24-30H2,1-8H3/t33-,34+,35+,36+,37-/m0/s1. The van der Waals surface area contributed by atoms with Gasteiger partial charge in [0.15, 0.2) is 16.6 Å². The molecule has 7 heteroatoms. The van der Waals surface area contributed by atoms with Crippen molar-refractivity contribution in [1.29, 1.82) is 0 Å². The van der Waals surface area contributed by atoms with E-state index in [4.69, 9.17) is 13.6 Å². The zero-order chi connectivity index (χ0) is 33.3. The maximum atomic E-state index is 11.9. The Bertz CT molecular complexity index is 944. The van der Waals surface area contributed by atoms with Crippen molar-refractivity contribution in [3.8, 4) is 0 Å². The van der Waals surface area contributed by atoms with Crippen LogP contribution in [0.5, 0.6) is 0 Å². The number of aliphatic hydroxyl groups excluding tert-OH is 1. The topological polar surface area (TPSA) is 65.0 Å². The third-order valence-corrected chi connectivity index (χ3v) is 20.2. The van der Waals surface area contributed by atoms with E-state index in [1.807, 2.05) is 13.8 Å². The van der Waals surface area contributed by atoms with E-state index < -0.39 is 16.6 Å². The maximum absolute atomic E-state index is 11.9. The first-order chi connectivity index (χ1) is 21.6. The summed E-state index contributed by atoms with van der Waals surface area (Å²) in [5, 5.41) is 11.5. The Hall–Kier alpha value is -1.26. The summed E-state index contributed by atoms with van der Waals surface area (Å²) in [4.78, 5) is 11.9. The van der Waals surface area contributed by atoms with E-state index >= 15 is 0 Å². The van der Waals surface area contributed by atoms with E-state index in [0.29, 0.717) is 12.3 Å². The third-order valence-electron chi connectivity index (χ3n) is 10.8. The van der Waals surface area contributed by atoms with Gasteiger partial charge in [0, 0.05) is 12.5 Å². The molecule has 0 radical (unpaired) electrons. The van der Waals surface area contributed by atoms with E-state index in [-0.39, 0.29) is 36.3 Å². The Morgan fingerprint density at radius 3 is 2.09 bits per heavy atom. The predicted octanol–water partition coefficient (Wildman–Crippen LogP) is 10.2. The van der Waals surface area contributed by atoms with Gasteiger partial charge in [-0.2, -0.15) is 0 Å². The lowest BCUT2D eigenvalue weighted by Crippen LogP contribution is -2.42. The van der Waals surface area contributed by atoms with Gasteiger partial charge in [-0.3, -0.25) is 4.79 Å². The van der Waals surface area contributed by atoms with Gasteiger partial charge >= 0.3 is 5.97 Å². The number of ether oxygens (including phenoxy) is 1. The molecular formula is C38H68O5Si2. The molecule has 1 fully saturated rings. The van der Waals surface area contributed by atoms with Gasteiger partial charge in [-0.25, -0.2) is 0 Å². The number of carbonyl (C=O) groups is 1. The molecule has 0 heterocycles. The monoisotopic (exact) mass is 660 g/mol. The lowest BCUT2D eigenvalue weighted by atomic mass is 9.85. The van der Waals surface area contributed by atoms with Crippen molar-refractivity contribution >= 4 is 22.6 Å². The molecule has 45 heavy (non-hydrogen) atoms. The van der Waals surface area contributed by atoms with Crippen molar-refractivity contribution in [2.45, 2.75) is 174 Å². The van der Waals surface area contributed by atoms with Crippen LogP contribution in [0.4, 0.5) is 0 Å². The fourth-order valence-corrected chi connectivity index (χ4v) is 13.2. The van der Waals surface area contributed by atoms with Crippen LogP contribution in [0.1, 0.15) is 112 Å². The van der Waals surface area contributed by atoms with Gasteiger partial charge in [0.25, 0.3) is 0 Å². The maximum Gasteiger partial charge on any atom is 0.306 e. The smallest absolute Gasteiger partial charge is 0.306 e. The van der Waals surface area contributed by atoms with E-state index in [2.05, 4.69) is 84.0 Å². The minimum absolute atomic E-state index is 0.0613. The summed E-state index contributed by atoms with van der Waals surface area (Å²) in [6.45, 7) is 17.6. The lowest BCUT2D eigenvalue weighted by molar-refractivity contribution is -0.147. The van der Waals surface area contributed by atoms with Crippen molar-refractivity contribution in [3.05, 3.63) is 48.0 Å². The van der Waals surface area contributed by atoms with Crippen LogP contribution in [0.2, 0.25) is 36.3 Å².